The van der Waals surface area contributed by atoms with E-state index in [1.807, 2.05) is 0 Å². The molecule has 0 bridgehead atoms. The molecule has 0 saturated carbocycles. The van der Waals surface area contributed by atoms with E-state index in [9.17, 15) is 4.79 Å². The van der Waals surface area contributed by atoms with Crippen LogP contribution in [0.4, 0.5) is 4.79 Å². The minimum absolute atomic E-state index is 0.340. The summed E-state index contributed by atoms with van der Waals surface area (Å²) in [5, 5.41) is 2.72. The Bertz CT molecular complexity index is 361. The van der Waals surface area contributed by atoms with Gasteiger partial charge in [-0.3, -0.25) is 0 Å². The van der Waals surface area contributed by atoms with E-state index in [4.69, 9.17) is 4.74 Å². The molecule has 16 heavy (non-hydrogen) atoms. The van der Waals surface area contributed by atoms with Gasteiger partial charge in [0.25, 0.3) is 0 Å². The second-order valence-electron chi connectivity index (χ2n) is 3.83. The van der Waals surface area contributed by atoms with E-state index < -0.39 is 0 Å². The van der Waals surface area contributed by atoms with Crippen molar-refractivity contribution in [1.29, 1.82) is 0 Å². The number of rotatable bonds is 4. The topological polar surface area (TPSA) is 38.3 Å². The first kappa shape index (κ1) is 12.6. The Kier molecular flexibility index (Phi) is 4.83. The highest BCUT2D eigenvalue weighted by Crippen LogP contribution is 2.10. The Morgan fingerprint density at radius 2 is 2.12 bits per heavy atom. The fourth-order valence-electron chi connectivity index (χ4n) is 1.55. The Hall–Kier alpha value is -1.51. The number of carbonyl (C=O) groups excluding carboxylic acids is 1. The molecule has 0 aliphatic heterocycles. The maximum atomic E-state index is 11.1. The van der Waals surface area contributed by atoms with E-state index in [-0.39, 0.29) is 6.09 Å². The zero-order valence-corrected chi connectivity index (χ0v) is 10.2. The Labute approximate surface area is 96.8 Å². The lowest BCUT2D eigenvalue weighted by atomic mass is 10.0. The zero-order valence-electron chi connectivity index (χ0n) is 10.2. The fourth-order valence-corrected chi connectivity index (χ4v) is 1.55. The first-order valence-electron chi connectivity index (χ1n) is 5.60. The monoisotopic (exact) mass is 221 g/mol. The molecule has 0 aromatic heterocycles. The largest absolute Gasteiger partial charge is 0.450 e. The van der Waals surface area contributed by atoms with Crippen molar-refractivity contribution in [2.75, 3.05) is 13.2 Å². The number of aryl methyl sites for hydroxylation is 2. The van der Waals surface area contributed by atoms with Gasteiger partial charge in [0.1, 0.15) is 0 Å². The van der Waals surface area contributed by atoms with Gasteiger partial charge in [-0.1, -0.05) is 23.8 Å². The molecule has 0 aliphatic rings. The Morgan fingerprint density at radius 3 is 2.81 bits per heavy atom. The van der Waals surface area contributed by atoms with Crippen LogP contribution >= 0.6 is 0 Å². The molecule has 1 N–H and O–H groups in total. The van der Waals surface area contributed by atoms with E-state index in [0.717, 1.165) is 6.42 Å². The predicted molar refractivity (Wildman–Crippen MR) is 64.6 cm³/mol. The van der Waals surface area contributed by atoms with Gasteiger partial charge < -0.3 is 10.1 Å². The van der Waals surface area contributed by atoms with Crippen LogP contribution in [0.2, 0.25) is 0 Å². The summed E-state index contributed by atoms with van der Waals surface area (Å²) >= 11 is 0. The molecule has 0 heterocycles. The Morgan fingerprint density at radius 1 is 1.38 bits per heavy atom. The standard InChI is InChI=1S/C13H19NO2/c1-4-16-13(15)14-8-7-12-9-10(2)5-6-11(12)3/h5-6,9H,4,7-8H2,1-3H3,(H,14,15). The molecule has 0 atom stereocenters. The molecule has 1 aromatic rings. The van der Waals surface area contributed by atoms with Crippen LogP contribution in [-0.2, 0) is 11.2 Å². The molecule has 3 nitrogen and oxygen atoms in total. The van der Waals surface area contributed by atoms with E-state index >= 15 is 0 Å². The minimum atomic E-state index is -0.340. The van der Waals surface area contributed by atoms with E-state index in [2.05, 4.69) is 37.4 Å². The number of amides is 1. The van der Waals surface area contributed by atoms with Crippen molar-refractivity contribution in [3.63, 3.8) is 0 Å². The van der Waals surface area contributed by atoms with Crippen LogP contribution in [0.1, 0.15) is 23.6 Å². The van der Waals surface area contributed by atoms with E-state index in [1.165, 1.54) is 16.7 Å². The summed E-state index contributed by atoms with van der Waals surface area (Å²) < 4.78 is 4.78. The number of nitrogens with one attached hydrogen (secondary N) is 1. The molecule has 3 heteroatoms. The van der Waals surface area contributed by atoms with Crippen LogP contribution in [0.3, 0.4) is 0 Å². The van der Waals surface area contributed by atoms with Crippen LogP contribution < -0.4 is 5.32 Å². The number of hydrogen-bond acceptors (Lipinski definition) is 2. The average Bonchev–Trinajstić information content (AvgIpc) is 2.23. The van der Waals surface area contributed by atoms with Gasteiger partial charge in [0.15, 0.2) is 0 Å². The average molecular weight is 221 g/mol. The maximum Gasteiger partial charge on any atom is 0.407 e. The molecule has 0 aliphatic carbocycles. The SMILES string of the molecule is CCOC(=O)NCCc1cc(C)ccc1C. The number of alkyl carbamates (subject to hydrolysis) is 1. The highest BCUT2D eigenvalue weighted by molar-refractivity contribution is 5.67. The van der Waals surface area contributed by atoms with Crippen LogP contribution in [0.15, 0.2) is 18.2 Å². The van der Waals surface area contributed by atoms with Crippen molar-refractivity contribution in [3.05, 3.63) is 34.9 Å². The molecule has 0 saturated heterocycles. The number of hydrogen-bond donors (Lipinski definition) is 1. The summed E-state index contributed by atoms with van der Waals surface area (Å²) in [4.78, 5) is 11.1. The fraction of sp³-hybridized carbons (Fsp3) is 0.462. The summed E-state index contributed by atoms with van der Waals surface area (Å²) in [6, 6.07) is 6.36. The van der Waals surface area contributed by atoms with Crippen molar-refractivity contribution in [3.8, 4) is 0 Å². The molecule has 1 rings (SSSR count). The highest BCUT2D eigenvalue weighted by atomic mass is 16.5. The summed E-state index contributed by atoms with van der Waals surface area (Å²) in [7, 11) is 0. The first-order chi connectivity index (χ1) is 7.63. The van der Waals surface area contributed by atoms with Gasteiger partial charge >= 0.3 is 6.09 Å². The van der Waals surface area contributed by atoms with Gasteiger partial charge in [0, 0.05) is 6.54 Å². The van der Waals surface area contributed by atoms with Gasteiger partial charge in [0.2, 0.25) is 0 Å². The molecule has 1 amide bonds. The van der Waals surface area contributed by atoms with Crippen molar-refractivity contribution >= 4 is 6.09 Å². The van der Waals surface area contributed by atoms with Crippen LogP contribution in [-0.4, -0.2) is 19.2 Å². The summed E-state index contributed by atoms with van der Waals surface area (Å²) in [5.74, 6) is 0. The normalized spacial score (nSPS) is 9.94. The maximum absolute atomic E-state index is 11.1. The number of benzene rings is 1. The van der Waals surface area contributed by atoms with Gasteiger partial charge in [-0.25, -0.2) is 4.79 Å². The summed E-state index contributed by atoms with van der Waals surface area (Å²) in [5.41, 5.74) is 3.78. The molecule has 0 fully saturated rings. The summed E-state index contributed by atoms with van der Waals surface area (Å²) in [6.07, 6.45) is 0.500. The lowest BCUT2D eigenvalue weighted by Gasteiger charge is -2.08. The predicted octanol–water partition coefficient (Wildman–Crippen LogP) is 2.59. The smallest absolute Gasteiger partial charge is 0.407 e. The molecule has 0 unspecified atom stereocenters. The van der Waals surface area contributed by atoms with E-state index in [0.29, 0.717) is 13.2 Å². The van der Waals surface area contributed by atoms with Crippen LogP contribution in [0.25, 0.3) is 0 Å². The molecule has 0 spiro atoms. The second kappa shape index (κ2) is 6.16. The molecular formula is C13H19NO2. The van der Waals surface area contributed by atoms with E-state index in [1.54, 1.807) is 6.92 Å². The lowest BCUT2D eigenvalue weighted by molar-refractivity contribution is 0.152. The third-order valence-electron chi connectivity index (χ3n) is 2.44. The Balaban J connectivity index is 2.42. The van der Waals surface area contributed by atoms with Crippen molar-refractivity contribution < 1.29 is 9.53 Å². The third-order valence-corrected chi connectivity index (χ3v) is 2.44. The van der Waals surface area contributed by atoms with Crippen molar-refractivity contribution in [2.24, 2.45) is 0 Å². The van der Waals surface area contributed by atoms with Gasteiger partial charge in [-0.15, -0.1) is 0 Å². The van der Waals surface area contributed by atoms with Gasteiger partial charge in [-0.2, -0.15) is 0 Å². The molecular weight excluding hydrogens is 202 g/mol. The van der Waals surface area contributed by atoms with Gasteiger partial charge in [-0.05, 0) is 38.3 Å². The van der Waals surface area contributed by atoms with Crippen LogP contribution in [0.5, 0.6) is 0 Å². The van der Waals surface area contributed by atoms with Gasteiger partial charge in [0.05, 0.1) is 6.61 Å². The number of ether oxygens (including phenoxy) is 1. The molecule has 1 aromatic carbocycles. The summed E-state index contributed by atoms with van der Waals surface area (Å²) in [6.45, 7) is 6.98. The van der Waals surface area contributed by atoms with Crippen molar-refractivity contribution in [2.45, 2.75) is 27.2 Å². The molecule has 88 valence electrons. The van der Waals surface area contributed by atoms with Crippen molar-refractivity contribution in [1.82, 2.24) is 5.32 Å². The number of carbonyl (C=O) groups is 1. The molecule has 0 radical (unpaired) electrons. The zero-order chi connectivity index (χ0) is 12.0. The first-order valence-corrected chi connectivity index (χ1v) is 5.60. The lowest BCUT2D eigenvalue weighted by Crippen LogP contribution is -2.26. The second-order valence-corrected chi connectivity index (χ2v) is 3.83. The minimum Gasteiger partial charge on any atom is -0.450 e. The van der Waals surface area contributed by atoms with Crippen LogP contribution in [0, 0.1) is 13.8 Å². The third kappa shape index (κ3) is 3.93. The quantitative estimate of drug-likeness (QED) is 0.848. The highest BCUT2D eigenvalue weighted by Gasteiger charge is 2.01.